The van der Waals surface area contributed by atoms with Crippen molar-refractivity contribution in [3.8, 4) is 0 Å². The lowest BCUT2D eigenvalue weighted by molar-refractivity contribution is -0.149. The predicted octanol–water partition coefficient (Wildman–Crippen LogP) is 1.40. The van der Waals surface area contributed by atoms with E-state index in [4.69, 9.17) is 10.2 Å². The highest BCUT2D eigenvalue weighted by molar-refractivity contribution is 5.84. The van der Waals surface area contributed by atoms with Gasteiger partial charge in [0, 0.05) is 13.2 Å². The van der Waals surface area contributed by atoms with Crippen LogP contribution in [0.25, 0.3) is 0 Å². The lowest BCUT2D eigenvalue weighted by atomic mass is 9.78. The van der Waals surface area contributed by atoms with E-state index in [1.165, 1.54) is 0 Å². The largest absolute Gasteiger partial charge is 0.481 e. The molecule has 1 fully saturated rings. The Balaban J connectivity index is 2.54. The van der Waals surface area contributed by atoms with Crippen LogP contribution in [0.15, 0.2) is 0 Å². The monoisotopic (exact) mass is 271 g/mol. The molecule has 1 rings (SSSR count). The van der Waals surface area contributed by atoms with Crippen LogP contribution in [-0.2, 0) is 9.59 Å². The molecule has 0 aromatic carbocycles. The summed E-state index contributed by atoms with van der Waals surface area (Å²) in [5.74, 6) is -1.97. The van der Waals surface area contributed by atoms with Crippen LogP contribution in [-0.4, -0.2) is 35.2 Å². The van der Waals surface area contributed by atoms with Crippen molar-refractivity contribution in [1.29, 1.82) is 0 Å². The molecule has 0 aromatic rings. The van der Waals surface area contributed by atoms with E-state index in [9.17, 15) is 9.59 Å². The van der Waals surface area contributed by atoms with Gasteiger partial charge >= 0.3 is 5.97 Å². The van der Waals surface area contributed by atoms with Gasteiger partial charge in [-0.3, -0.25) is 9.59 Å². The van der Waals surface area contributed by atoms with Crippen LogP contribution < -0.4 is 5.32 Å². The zero-order chi connectivity index (χ0) is 14.5. The highest BCUT2D eigenvalue weighted by Gasteiger charge is 2.36. The van der Waals surface area contributed by atoms with E-state index in [1.807, 2.05) is 13.8 Å². The summed E-state index contributed by atoms with van der Waals surface area (Å²) < 4.78 is 0. The van der Waals surface area contributed by atoms with Crippen molar-refractivity contribution >= 4 is 11.9 Å². The van der Waals surface area contributed by atoms with Crippen molar-refractivity contribution in [2.45, 2.75) is 46.0 Å². The number of rotatable bonds is 6. The van der Waals surface area contributed by atoms with E-state index in [0.29, 0.717) is 25.8 Å². The molecule has 0 heterocycles. The molecule has 1 aliphatic carbocycles. The fraction of sp³-hybridized carbons (Fsp3) is 0.857. The van der Waals surface area contributed by atoms with E-state index in [2.05, 4.69) is 5.32 Å². The highest BCUT2D eigenvalue weighted by atomic mass is 16.4. The van der Waals surface area contributed by atoms with Gasteiger partial charge in [0.05, 0.1) is 11.8 Å². The Bertz CT molecular complexity index is 327. The third-order valence-corrected chi connectivity index (χ3v) is 3.95. The van der Waals surface area contributed by atoms with Crippen LogP contribution in [0.2, 0.25) is 0 Å². The number of aliphatic hydroxyl groups excluding tert-OH is 1. The number of aliphatic carboxylic acids is 1. The van der Waals surface area contributed by atoms with Gasteiger partial charge in [0.2, 0.25) is 5.91 Å². The molecule has 0 spiro atoms. The summed E-state index contributed by atoms with van der Waals surface area (Å²) in [5, 5.41) is 20.9. The number of carbonyl (C=O) groups is 2. The molecule has 0 bridgehead atoms. The molecule has 0 aliphatic heterocycles. The molecule has 1 amide bonds. The molecular weight excluding hydrogens is 246 g/mol. The van der Waals surface area contributed by atoms with E-state index < -0.39 is 17.8 Å². The quantitative estimate of drug-likeness (QED) is 0.681. The number of hydrogen-bond acceptors (Lipinski definition) is 3. The minimum atomic E-state index is -0.866. The van der Waals surface area contributed by atoms with Gasteiger partial charge in [-0.15, -0.1) is 0 Å². The standard InChI is InChI=1S/C14H25NO4/c1-14(2,7-8-16)9-15-12(17)10-5-3-4-6-11(10)13(18)19/h10-11,16H,3-9H2,1-2H3,(H,15,17)(H,18,19). The molecule has 5 heteroatoms. The summed E-state index contributed by atoms with van der Waals surface area (Å²) in [7, 11) is 0. The Morgan fingerprint density at radius 2 is 1.79 bits per heavy atom. The summed E-state index contributed by atoms with van der Waals surface area (Å²) in [5.41, 5.74) is -0.169. The van der Waals surface area contributed by atoms with Gasteiger partial charge in [-0.25, -0.2) is 0 Å². The third-order valence-electron chi connectivity index (χ3n) is 3.95. The summed E-state index contributed by atoms with van der Waals surface area (Å²) >= 11 is 0. The molecule has 1 aliphatic rings. The first kappa shape index (κ1) is 16.0. The Labute approximate surface area is 114 Å². The summed E-state index contributed by atoms with van der Waals surface area (Å²) in [6.07, 6.45) is 3.66. The molecule has 2 unspecified atom stereocenters. The Hall–Kier alpha value is -1.10. The average Bonchev–Trinajstić information content (AvgIpc) is 2.36. The van der Waals surface area contributed by atoms with Crippen molar-refractivity contribution in [3.05, 3.63) is 0 Å². The van der Waals surface area contributed by atoms with Crippen LogP contribution in [0.3, 0.4) is 0 Å². The molecular formula is C14H25NO4. The lowest BCUT2D eigenvalue weighted by Crippen LogP contribution is -2.43. The number of nitrogens with one attached hydrogen (secondary N) is 1. The van der Waals surface area contributed by atoms with Gasteiger partial charge in [-0.2, -0.15) is 0 Å². The second-order valence-corrected chi connectivity index (χ2v) is 6.19. The fourth-order valence-electron chi connectivity index (χ4n) is 2.59. The molecule has 0 aromatic heterocycles. The van der Waals surface area contributed by atoms with Crippen molar-refractivity contribution in [1.82, 2.24) is 5.32 Å². The first-order valence-corrected chi connectivity index (χ1v) is 6.99. The van der Waals surface area contributed by atoms with Gasteiger partial charge < -0.3 is 15.5 Å². The molecule has 19 heavy (non-hydrogen) atoms. The second-order valence-electron chi connectivity index (χ2n) is 6.19. The Kier molecular flexibility index (Phi) is 5.79. The van der Waals surface area contributed by atoms with E-state index >= 15 is 0 Å². The minimum absolute atomic E-state index is 0.0874. The van der Waals surface area contributed by atoms with Gasteiger partial charge in [0.15, 0.2) is 0 Å². The molecule has 3 N–H and O–H groups in total. The number of carbonyl (C=O) groups excluding carboxylic acids is 1. The van der Waals surface area contributed by atoms with E-state index in [1.54, 1.807) is 0 Å². The Morgan fingerprint density at radius 3 is 2.32 bits per heavy atom. The van der Waals surface area contributed by atoms with Crippen LogP contribution in [0.4, 0.5) is 0 Å². The number of aliphatic hydroxyl groups is 1. The zero-order valence-corrected chi connectivity index (χ0v) is 11.8. The molecule has 0 saturated heterocycles. The van der Waals surface area contributed by atoms with Crippen LogP contribution in [0, 0.1) is 17.3 Å². The van der Waals surface area contributed by atoms with Gasteiger partial charge in [0.25, 0.3) is 0 Å². The molecule has 5 nitrogen and oxygen atoms in total. The maximum Gasteiger partial charge on any atom is 0.307 e. The van der Waals surface area contributed by atoms with Crippen LogP contribution >= 0.6 is 0 Å². The van der Waals surface area contributed by atoms with Crippen molar-refractivity contribution in [2.24, 2.45) is 17.3 Å². The summed E-state index contributed by atoms with van der Waals surface area (Å²) in [4.78, 5) is 23.3. The summed E-state index contributed by atoms with van der Waals surface area (Å²) in [6, 6.07) is 0. The Morgan fingerprint density at radius 1 is 1.21 bits per heavy atom. The molecule has 0 radical (unpaired) electrons. The van der Waals surface area contributed by atoms with Crippen LogP contribution in [0.5, 0.6) is 0 Å². The number of amides is 1. The van der Waals surface area contributed by atoms with Gasteiger partial charge in [-0.1, -0.05) is 26.7 Å². The first-order valence-electron chi connectivity index (χ1n) is 6.99. The normalized spacial score (nSPS) is 23.9. The van der Waals surface area contributed by atoms with Crippen molar-refractivity contribution in [3.63, 3.8) is 0 Å². The lowest BCUT2D eigenvalue weighted by Gasteiger charge is -2.30. The van der Waals surface area contributed by atoms with Crippen LogP contribution in [0.1, 0.15) is 46.0 Å². The molecule has 1 saturated carbocycles. The number of carboxylic acids is 1. The SMILES string of the molecule is CC(C)(CCO)CNC(=O)C1CCCCC1C(=O)O. The maximum absolute atomic E-state index is 12.1. The summed E-state index contributed by atoms with van der Waals surface area (Å²) in [6.45, 7) is 4.50. The van der Waals surface area contributed by atoms with E-state index in [-0.39, 0.29) is 17.9 Å². The predicted molar refractivity (Wildman–Crippen MR) is 71.6 cm³/mol. The highest BCUT2D eigenvalue weighted by Crippen LogP contribution is 2.30. The van der Waals surface area contributed by atoms with Gasteiger partial charge in [0.1, 0.15) is 0 Å². The minimum Gasteiger partial charge on any atom is -0.481 e. The van der Waals surface area contributed by atoms with Gasteiger partial charge in [-0.05, 0) is 24.7 Å². The topological polar surface area (TPSA) is 86.6 Å². The third kappa shape index (κ3) is 4.82. The second kappa shape index (κ2) is 6.89. The number of hydrogen-bond donors (Lipinski definition) is 3. The molecule has 2 atom stereocenters. The first-order chi connectivity index (χ1) is 8.87. The molecule has 110 valence electrons. The fourth-order valence-corrected chi connectivity index (χ4v) is 2.59. The zero-order valence-electron chi connectivity index (χ0n) is 11.8. The number of carboxylic acid groups (broad SMARTS) is 1. The van der Waals surface area contributed by atoms with E-state index in [0.717, 1.165) is 12.8 Å². The maximum atomic E-state index is 12.1. The smallest absolute Gasteiger partial charge is 0.307 e. The van der Waals surface area contributed by atoms with Crippen molar-refractivity contribution in [2.75, 3.05) is 13.2 Å². The van der Waals surface area contributed by atoms with Crippen molar-refractivity contribution < 1.29 is 19.8 Å². The average molecular weight is 271 g/mol.